The van der Waals surface area contributed by atoms with Crippen molar-refractivity contribution in [2.45, 2.75) is 25.8 Å². The second kappa shape index (κ2) is 7.28. The van der Waals surface area contributed by atoms with Crippen molar-refractivity contribution in [1.82, 2.24) is 19.5 Å². The molecule has 0 radical (unpaired) electrons. The average molecular weight is 386 g/mol. The zero-order valence-corrected chi connectivity index (χ0v) is 16.1. The lowest BCUT2D eigenvalue weighted by Gasteiger charge is -2.36. The molecule has 4 rings (SSSR count). The maximum Gasteiger partial charge on any atom is 0.308 e. The number of aromatic hydroxyl groups is 1. The highest BCUT2D eigenvalue weighted by Crippen LogP contribution is 2.41. The fraction of sp³-hybridized carbons (Fsp3) is 0.421. The van der Waals surface area contributed by atoms with Gasteiger partial charge in [-0.25, -0.2) is 4.98 Å². The third-order valence-electron chi connectivity index (χ3n) is 5.21. The number of esters is 1. The van der Waals surface area contributed by atoms with Crippen LogP contribution in [-0.2, 0) is 9.53 Å². The van der Waals surface area contributed by atoms with Crippen molar-refractivity contribution in [3.05, 3.63) is 46.6 Å². The number of hydrogen-bond acceptors (Lipinski definition) is 7. The van der Waals surface area contributed by atoms with Crippen LogP contribution in [-0.4, -0.2) is 50.8 Å². The normalized spacial score (nSPS) is 17.3. The minimum absolute atomic E-state index is 0.0548. The number of methoxy groups -OCH3 is 1. The molecule has 1 aliphatic rings. The van der Waals surface area contributed by atoms with Crippen LogP contribution in [0.2, 0.25) is 0 Å². The van der Waals surface area contributed by atoms with E-state index < -0.39 is 0 Å². The first-order chi connectivity index (χ1) is 13.1. The maximum atomic E-state index is 11.9. The second-order valence-corrected chi connectivity index (χ2v) is 7.90. The zero-order valence-electron chi connectivity index (χ0n) is 15.3. The van der Waals surface area contributed by atoms with Crippen LogP contribution in [0.25, 0.3) is 4.96 Å². The summed E-state index contributed by atoms with van der Waals surface area (Å²) < 4.78 is 6.38. The largest absolute Gasteiger partial charge is 0.492 e. The van der Waals surface area contributed by atoms with Crippen LogP contribution in [0.3, 0.4) is 0 Å². The number of aromatic nitrogens is 3. The predicted molar refractivity (Wildman–Crippen MR) is 102 cm³/mol. The smallest absolute Gasteiger partial charge is 0.308 e. The fourth-order valence-electron chi connectivity index (χ4n) is 3.71. The molecule has 1 aliphatic heterocycles. The predicted octanol–water partition coefficient (Wildman–Crippen LogP) is 2.78. The van der Waals surface area contributed by atoms with E-state index in [0.717, 1.165) is 36.4 Å². The van der Waals surface area contributed by atoms with Crippen LogP contribution in [0.4, 0.5) is 0 Å². The highest BCUT2D eigenvalue weighted by Gasteiger charge is 2.33. The lowest BCUT2D eigenvalue weighted by atomic mass is 9.93. The van der Waals surface area contributed by atoms with Crippen LogP contribution in [0.15, 0.2) is 30.6 Å². The second-order valence-electron chi connectivity index (χ2n) is 6.89. The molecule has 0 aliphatic carbocycles. The van der Waals surface area contributed by atoms with E-state index in [0.29, 0.717) is 4.96 Å². The number of likely N-dealkylation sites (tertiary alicyclic amines) is 1. The van der Waals surface area contributed by atoms with Gasteiger partial charge < -0.3 is 9.84 Å². The molecular weight excluding hydrogens is 364 g/mol. The van der Waals surface area contributed by atoms with E-state index >= 15 is 0 Å². The van der Waals surface area contributed by atoms with Gasteiger partial charge in [-0.1, -0.05) is 41.2 Å². The van der Waals surface area contributed by atoms with Crippen LogP contribution >= 0.6 is 11.3 Å². The average Bonchev–Trinajstić information content (AvgIpc) is 3.27. The van der Waals surface area contributed by atoms with E-state index in [2.05, 4.69) is 46.2 Å². The molecule has 8 heteroatoms. The monoisotopic (exact) mass is 386 g/mol. The Morgan fingerprint density at radius 2 is 2.00 bits per heavy atom. The van der Waals surface area contributed by atoms with E-state index in [4.69, 9.17) is 4.74 Å². The molecule has 1 N–H and O–H groups in total. The van der Waals surface area contributed by atoms with Crippen molar-refractivity contribution in [3.8, 4) is 5.88 Å². The Hall–Kier alpha value is -2.45. The first-order valence-electron chi connectivity index (χ1n) is 8.98. The molecule has 3 heterocycles. The van der Waals surface area contributed by atoms with Crippen molar-refractivity contribution in [2.75, 3.05) is 20.2 Å². The summed E-state index contributed by atoms with van der Waals surface area (Å²) in [5.74, 6) is -0.0582. The van der Waals surface area contributed by atoms with E-state index in [9.17, 15) is 9.90 Å². The Morgan fingerprint density at radius 1 is 1.30 bits per heavy atom. The molecule has 0 saturated carbocycles. The van der Waals surface area contributed by atoms with Gasteiger partial charge in [0.05, 0.1) is 23.9 Å². The molecule has 1 saturated heterocycles. The first-order valence-corrected chi connectivity index (χ1v) is 9.80. The molecular formula is C19H22N4O3S. The van der Waals surface area contributed by atoms with Gasteiger partial charge in [0, 0.05) is 0 Å². The van der Waals surface area contributed by atoms with Crippen LogP contribution in [0, 0.1) is 12.8 Å². The molecule has 27 heavy (non-hydrogen) atoms. The molecule has 3 aromatic rings. The third kappa shape index (κ3) is 3.30. The summed E-state index contributed by atoms with van der Waals surface area (Å²) in [4.78, 5) is 19.9. The van der Waals surface area contributed by atoms with Crippen LogP contribution in [0.5, 0.6) is 5.88 Å². The standard InChI is InChI=1S/C19H22N4O3S/c1-12-3-5-13(6-4-12)15(16-17(24)23-19(27-16)20-11-21-23)22-9-7-14(8-10-22)18(25)26-2/h3-6,11,14-15,24H,7-10H2,1-2H3/t15-/m0/s1. The highest BCUT2D eigenvalue weighted by molar-refractivity contribution is 7.17. The minimum Gasteiger partial charge on any atom is -0.492 e. The summed E-state index contributed by atoms with van der Waals surface area (Å²) in [6.07, 6.45) is 2.94. The molecule has 2 aromatic heterocycles. The SMILES string of the molecule is COC(=O)C1CCN([C@@H](c2ccc(C)cc2)c2sc3ncnn3c2O)CC1. The van der Waals surface area contributed by atoms with Gasteiger partial charge in [0.15, 0.2) is 0 Å². The summed E-state index contributed by atoms with van der Waals surface area (Å²) in [5, 5.41) is 14.9. The molecule has 0 unspecified atom stereocenters. The van der Waals surface area contributed by atoms with Gasteiger partial charge in [-0.2, -0.15) is 9.61 Å². The molecule has 1 aromatic carbocycles. The summed E-state index contributed by atoms with van der Waals surface area (Å²) >= 11 is 1.45. The molecule has 7 nitrogen and oxygen atoms in total. The molecule has 142 valence electrons. The zero-order chi connectivity index (χ0) is 19.0. The Kier molecular flexibility index (Phi) is 4.84. The Morgan fingerprint density at radius 3 is 2.63 bits per heavy atom. The van der Waals surface area contributed by atoms with Gasteiger partial charge in [-0.05, 0) is 38.4 Å². The lowest BCUT2D eigenvalue weighted by molar-refractivity contribution is -0.147. The lowest BCUT2D eigenvalue weighted by Crippen LogP contribution is -2.39. The van der Waals surface area contributed by atoms with Gasteiger partial charge in [-0.15, -0.1) is 0 Å². The van der Waals surface area contributed by atoms with E-state index in [1.165, 1.54) is 34.9 Å². The van der Waals surface area contributed by atoms with Gasteiger partial charge >= 0.3 is 5.97 Å². The Bertz CT molecular complexity index is 942. The number of piperidine rings is 1. The Labute approximate surface area is 161 Å². The Balaban J connectivity index is 1.69. The molecule has 1 atom stereocenters. The number of aryl methyl sites for hydroxylation is 1. The number of hydrogen-bond donors (Lipinski definition) is 1. The van der Waals surface area contributed by atoms with Crippen molar-refractivity contribution in [3.63, 3.8) is 0 Å². The van der Waals surface area contributed by atoms with Crippen molar-refractivity contribution in [1.29, 1.82) is 0 Å². The number of benzene rings is 1. The van der Waals surface area contributed by atoms with E-state index in [-0.39, 0.29) is 23.8 Å². The van der Waals surface area contributed by atoms with E-state index in [1.54, 1.807) is 0 Å². The summed E-state index contributed by atoms with van der Waals surface area (Å²) in [5.41, 5.74) is 2.30. The van der Waals surface area contributed by atoms with Gasteiger partial charge in [-0.3, -0.25) is 9.69 Å². The van der Waals surface area contributed by atoms with Gasteiger partial charge in [0.1, 0.15) is 6.33 Å². The number of thiazole rings is 1. The molecule has 1 fully saturated rings. The fourth-order valence-corrected chi connectivity index (χ4v) is 4.80. The molecule has 0 spiro atoms. The number of ether oxygens (including phenoxy) is 1. The number of rotatable bonds is 4. The van der Waals surface area contributed by atoms with E-state index in [1.807, 2.05) is 0 Å². The molecule has 0 bridgehead atoms. The summed E-state index contributed by atoms with van der Waals surface area (Å²) in [7, 11) is 1.44. The number of carbonyl (C=O) groups excluding carboxylic acids is 1. The van der Waals surface area contributed by atoms with Crippen LogP contribution < -0.4 is 0 Å². The number of fused-ring (bicyclic) bond motifs is 1. The number of nitrogens with zero attached hydrogens (tertiary/aromatic N) is 4. The quantitative estimate of drug-likeness (QED) is 0.695. The topological polar surface area (TPSA) is 80.0 Å². The van der Waals surface area contributed by atoms with Gasteiger partial charge in [0.25, 0.3) is 0 Å². The number of carbonyl (C=O) groups is 1. The maximum absolute atomic E-state index is 11.9. The summed E-state index contributed by atoms with van der Waals surface area (Å²) in [6, 6.07) is 8.26. The molecule has 0 amide bonds. The third-order valence-corrected chi connectivity index (χ3v) is 6.30. The van der Waals surface area contributed by atoms with Crippen molar-refractivity contribution in [2.24, 2.45) is 5.92 Å². The first kappa shape index (κ1) is 17.9. The van der Waals surface area contributed by atoms with Crippen molar-refractivity contribution >= 4 is 22.3 Å². The highest BCUT2D eigenvalue weighted by atomic mass is 32.1. The van der Waals surface area contributed by atoms with Crippen LogP contribution in [0.1, 0.15) is 34.9 Å². The van der Waals surface area contributed by atoms with Gasteiger partial charge in [0.2, 0.25) is 10.8 Å². The minimum atomic E-state index is -0.136. The van der Waals surface area contributed by atoms with Crippen molar-refractivity contribution < 1.29 is 14.6 Å². The summed E-state index contributed by atoms with van der Waals surface area (Å²) in [6.45, 7) is 3.57.